The molecular formula is C22H18ClN3O2. The van der Waals surface area contributed by atoms with Crippen molar-refractivity contribution in [1.82, 2.24) is 14.9 Å². The number of ether oxygens (including phenoxy) is 1. The van der Waals surface area contributed by atoms with Gasteiger partial charge in [0.1, 0.15) is 11.3 Å². The summed E-state index contributed by atoms with van der Waals surface area (Å²) in [7, 11) is 0. The molecule has 0 bridgehead atoms. The van der Waals surface area contributed by atoms with Gasteiger partial charge >= 0.3 is 0 Å². The van der Waals surface area contributed by atoms with E-state index in [1.54, 1.807) is 18.3 Å². The van der Waals surface area contributed by atoms with Crippen molar-refractivity contribution in [2.75, 3.05) is 13.2 Å². The van der Waals surface area contributed by atoms with Crippen LogP contribution < -0.4 is 4.74 Å². The Hall–Kier alpha value is -3.05. The first-order valence-corrected chi connectivity index (χ1v) is 9.61. The lowest BCUT2D eigenvalue weighted by molar-refractivity contribution is -0.134. The fourth-order valence-electron chi connectivity index (χ4n) is 3.84. The molecule has 3 heterocycles. The van der Waals surface area contributed by atoms with E-state index < -0.39 is 0 Å². The number of para-hydroxylation sites is 1. The second kappa shape index (κ2) is 6.84. The minimum absolute atomic E-state index is 0.0228. The van der Waals surface area contributed by atoms with Crippen molar-refractivity contribution in [3.63, 3.8) is 0 Å². The Balaban J connectivity index is 1.34. The molecule has 0 spiro atoms. The highest BCUT2D eigenvalue weighted by Gasteiger charge is 2.24. The summed E-state index contributed by atoms with van der Waals surface area (Å²) in [5, 5.41) is 2.61. The number of rotatable bonds is 3. The largest absolute Gasteiger partial charge is 0.481 e. The van der Waals surface area contributed by atoms with Crippen molar-refractivity contribution < 1.29 is 9.53 Å². The van der Waals surface area contributed by atoms with Crippen molar-refractivity contribution in [2.24, 2.45) is 0 Å². The molecule has 0 aliphatic carbocycles. The molecule has 6 heteroatoms. The summed E-state index contributed by atoms with van der Waals surface area (Å²) < 4.78 is 5.83. The smallest absolute Gasteiger partial charge is 0.260 e. The summed E-state index contributed by atoms with van der Waals surface area (Å²) in [5.41, 5.74) is 4.21. The molecule has 2 aromatic heterocycles. The highest BCUT2D eigenvalue weighted by molar-refractivity contribution is 6.35. The van der Waals surface area contributed by atoms with E-state index in [-0.39, 0.29) is 12.5 Å². The SMILES string of the molecule is O=C(COc1ccc(Cl)c2cccnc12)N1CCc2[nH]c3ccccc3c2C1. The van der Waals surface area contributed by atoms with Crippen LogP contribution in [0, 0.1) is 0 Å². The number of amides is 1. The van der Waals surface area contributed by atoms with Gasteiger partial charge in [-0.1, -0.05) is 29.8 Å². The zero-order valence-corrected chi connectivity index (χ0v) is 15.9. The van der Waals surface area contributed by atoms with E-state index in [9.17, 15) is 4.79 Å². The van der Waals surface area contributed by atoms with Gasteiger partial charge in [-0.3, -0.25) is 9.78 Å². The molecule has 5 rings (SSSR count). The van der Waals surface area contributed by atoms with Crippen molar-refractivity contribution in [3.05, 3.63) is 71.0 Å². The van der Waals surface area contributed by atoms with Crippen LogP contribution in [0.1, 0.15) is 11.3 Å². The summed E-state index contributed by atoms with van der Waals surface area (Å²) in [6.45, 7) is 1.26. The van der Waals surface area contributed by atoms with Gasteiger partial charge in [-0.25, -0.2) is 0 Å². The Bertz CT molecular complexity index is 1200. The molecule has 5 nitrogen and oxygen atoms in total. The van der Waals surface area contributed by atoms with Gasteiger partial charge in [-0.05, 0) is 30.3 Å². The van der Waals surface area contributed by atoms with Gasteiger partial charge in [0.15, 0.2) is 6.61 Å². The summed E-state index contributed by atoms with van der Waals surface area (Å²) in [5.74, 6) is 0.535. The average Bonchev–Trinajstić information content (AvgIpc) is 3.11. The summed E-state index contributed by atoms with van der Waals surface area (Å²) in [6.07, 6.45) is 2.51. The zero-order chi connectivity index (χ0) is 19.1. The maximum absolute atomic E-state index is 12.8. The maximum Gasteiger partial charge on any atom is 0.260 e. The molecule has 4 aromatic rings. The molecular weight excluding hydrogens is 374 g/mol. The van der Waals surface area contributed by atoms with Gasteiger partial charge in [-0.15, -0.1) is 0 Å². The van der Waals surface area contributed by atoms with E-state index in [1.807, 2.05) is 29.2 Å². The third kappa shape index (κ3) is 2.88. The van der Waals surface area contributed by atoms with Crippen LogP contribution in [0.4, 0.5) is 0 Å². The van der Waals surface area contributed by atoms with Crippen LogP contribution in [-0.4, -0.2) is 33.9 Å². The lowest BCUT2D eigenvalue weighted by Crippen LogP contribution is -2.38. The Morgan fingerprint density at radius 3 is 2.93 bits per heavy atom. The molecule has 2 aromatic carbocycles. The first-order valence-electron chi connectivity index (χ1n) is 9.23. The van der Waals surface area contributed by atoms with Crippen LogP contribution in [0.15, 0.2) is 54.7 Å². The molecule has 0 atom stereocenters. The number of hydrogen-bond acceptors (Lipinski definition) is 3. The average molecular weight is 392 g/mol. The maximum atomic E-state index is 12.8. The number of fused-ring (bicyclic) bond motifs is 4. The van der Waals surface area contributed by atoms with Crippen molar-refractivity contribution in [3.8, 4) is 5.75 Å². The summed E-state index contributed by atoms with van der Waals surface area (Å²) >= 11 is 6.22. The number of pyridine rings is 1. The zero-order valence-electron chi connectivity index (χ0n) is 15.1. The van der Waals surface area contributed by atoms with Crippen LogP contribution in [0.25, 0.3) is 21.8 Å². The van der Waals surface area contributed by atoms with Crippen LogP contribution in [0.3, 0.4) is 0 Å². The fraction of sp³-hybridized carbons (Fsp3) is 0.182. The number of nitrogens with one attached hydrogen (secondary N) is 1. The quantitative estimate of drug-likeness (QED) is 0.565. The minimum Gasteiger partial charge on any atom is -0.481 e. The Morgan fingerprint density at radius 1 is 1.14 bits per heavy atom. The van der Waals surface area contributed by atoms with Gasteiger partial charge in [0.25, 0.3) is 5.91 Å². The van der Waals surface area contributed by atoms with Crippen molar-refractivity contribution in [1.29, 1.82) is 0 Å². The van der Waals surface area contributed by atoms with Crippen LogP contribution in [0.5, 0.6) is 5.75 Å². The molecule has 28 heavy (non-hydrogen) atoms. The van der Waals surface area contributed by atoms with E-state index in [0.717, 1.165) is 17.3 Å². The number of benzene rings is 2. The predicted molar refractivity (Wildman–Crippen MR) is 110 cm³/mol. The number of carbonyl (C=O) groups excluding carboxylic acids is 1. The van der Waals surface area contributed by atoms with E-state index in [0.29, 0.717) is 29.4 Å². The fourth-order valence-corrected chi connectivity index (χ4v) is 4.05. The summed E-state index contributed by atoms with van der Waals surface area (Å²) in [6, 6.07) is 15.5. The lowest BCUT2D eigenvalue weighted by Gasteiger charge is -2.27. The highest BCUT2D eigenvalue weighted by Crippen LogP contribution is 2.30. The Morgan fingerprint density at radius 2 is 2.00 bits per heavy atom. The number of hydrogen-bond donors (Lipinski definition) is 1. The highest BCUT2D eigenvalue weighted by atomic mass is 35.5. The molecule has 1 aliphatic rings. The number of aromatic nitrogens is 2. The second-order valence-corrected chi connectivity index (χ2v) is 7.33. The van der Waals surface area contributed by atoms with Crippen LogP contribution in [-0.2, 0) is 17.8 Å². The minimum atomic E-state index is -0.0324. The molecule has 140 valence electrons. The third-order valence-electron chi connectivity index (χ3n) is 5.27. The third-order valence-corrected chi connectivity index (χ3v) is 5.60. The Labute approximate surface area is 166 Å². The lowest BCUT2D eigenvalue weighted by atomic mass is 10.0. The molecule has 0 saturated heterocycles. The standard InChI is InChI=1S/C22H18ClN3O2/c23-17-7-8-20(22-15(17)5-3-10-24-22)28-13-21(27)26-11-9-19-16(12-26)14-4-1-2-6-18(14)25-19/h1-8,10,25H,9,11-13H2. The molecule has 0 saturated carbocycles. The molecule has 0 unspecified atom stereocenters. The summed E-state index contributed by atoms with van der Waals surface area (Å²) in [4.78, 5) is 22.5. The molecule has 1 N–H and O–H groups in total. The first-order chi connectivity index (χ1) is 13.7. The van der Waals surface area contributed by atoms with Gasteiger partial charge in [-0.2, -0.15) is 0 Å². The van der Waals surface area contributed by atoms with E-state index in [1.165, 1.54) is 16.6 Å². The topological polar surface area (TPSA) is 58.2 Å². The van der Waals surface area contributed by atoms with Gasteiger partial charge in [0.05, 0.1) is 5.02 Å². The number of aromatic amines is 1. The normalized spacial score (nSPS) is 13.7. The van der Waals surface area contributed by atoms with E-state index in [2.05, 4.69) is 22.1 Å². The predicted octanol–water partition coefficient (Wildman–Crippen LogP) is 4.33. The number of carbonyl (C=O) groups is 1. The van der Waals surface area contributed by atoms with Crippen molar-refractivity contribution in [2.45, 2.75) is 13.0 Å². The van der Waals surface area contributed by atoms with E-state index >= 15 is 0 Å². The first kappa shape index (κ1) is 17.1. The number of nitrogens with zero attached hydrogens (tertiary/aromatic N) is 2. The number of halogens is 1. The molecule has 0 radical (unpaired) electrons. The number of H-pyrrole nitrogens is 1. The second-order valence-electron chi connectivity index (χ2n) is 6.93. The molecule has 1 amide bonds. The van der Waals surface area contributed by atoms with E-state index in [4.69, 9.17) is 16.3 Å². The van der Waals surface area contributed by atoms with Crippen LogP contribution in [0.2, 0.25) is 5.02 Å². The molecule has 1 aliphatic heterocycles. The van der Waals surface area contributed by atoms with Gasteiger partial charge < -0.3 is 14.6 Å². The van der Waals surface area contributed by atoms with Gasteiger partial charge in [0, 0.05) is 53.3 Å². The van der Waals surface area contributed by atoms with Crippen molar-refractivity contribution >= 4 is 39.3 Å². The monoisotopic (exact) mass is 391 g/mol. The van der Waals surface area contributed by atoms with Crippen LogP contribution >= 0.6 is 11.6 Å². The molecule has 0 fully saturated rings. The van der Waals surface area contributed by atoms with Gasteiger partial charge in [0.2, 0.25) is 0 Å². The Kier molecular flexibility index (Phi) is 4.17.